The maximum Gasteiger partial charge on any atom is 2.00 e. The van der Waals surface area contributed by atoms with Gasteiger partial charge in [0.2, 0.25) is 5.91 Å². The van der Waals surface area contributed by atoms with Crippen LogP contribution in [0.4, 0.5) is 0 Å². The fourth-order valence-electron chi connectivity index (χ4n) is 3.29. The average Bonchev–Trinajstić information content (AvgIpc) is 3.30. The molecule has 0 aromatic carbocycles. The predicted molar refractivity (Wildman–Crippen MR) is 107 cm³/mol. The van der Waals surface area contributed by atoms with Crippen LogP contribution in [0.1, 0.15) is 129 Å². The molecule has 146 valence electrons. The SMILES string of the molecule is C1CCCC1.C1CCCC1.CCCCCCCCCCNC(C)=O.[Zr+2]. The summed E-state index contributed by atoms with van der Waals surface area (Å²) >= 11 is 0. The Labute approximate surface area is 177 Å². The first kappa shape index (κ1) is 27.6. The maximum atomic E-state index is 10.5. The molecule has 0 radical (unpaired) electrons. The van der Waals surface area contributed by atoms with E-state index in [9.17, 15) is 4.79 Å². The Morgan fingerprint density at radius 3 is 1.28 bits per heavy atom. The number of hydrogen-bond acceptors (Lipinski definition) is 1. The topological polar surface area (TPSA) is 29.1 Å². The van der Waals surface area contributed by atoms with E-state index in [-0.39, 0.29) is 32.1 Å². The van der Waals surface area contributed by atoms with Gasteiger partial charge in [-0.3, -0.25) is 4.79 Å². The molecule has 2 nitrogen and oxygen atoms in total. The molecule has 2 aliphatic rings. The molecule has 2 fully saturated rings. The fourth-order valence-corrected chi connectivity index (χ4v) is 3.29. The molecule has 0 heterocycles. The second-order valence-corrected chi connectivity index (χ2v) is 7.49. The summed E-state index contributed by atoms with van der Waals surface area (Å²) in [7, 11) is 0. The van der Waals surface area contributed by atoms with Crippen LogP contribution in [0.3, 0.4) is 0 Å². The van der Waals surface area contributed by atoms with Gasteiger partial charge in [-0.15, -0.1) is 0 Å². The van der Waals surface area contributed by atoms with Crippen LogP contribution in [0.5, 0.6) is 0 Å². The van der Waals surface area contributed by atoms with E-state index in [0.717, 1.165) is 13.0 Å². The van der Waals surface area contributed by atoms with Gasteiger partial charge in [0.15, 0.2) is 0 Å². The molecule has 0 saturated heterocycles. The van der Waals surface area contributed by atoms with Crippen molar-refractivity contribution in [1.29, 1.82) is 0 Å². The zero-order valence-corrected chi connectivity index (χ0v) is 19.8. The van der Waals surface area contributed by atoms with Crippen molar-refractivity contribution in [2.45, 2.75) is 129 Å². The Morgan fingerprint density at radius 1 is 0.640 bits per heavy atom. The molecular formula is C22H45NOZr+2. The molecule has 0 spiro atoms. The monoisotopic (exact) mass is 429 g/mol. The number of carbonyl (C=O) groups excluding carboxylic acids is 1. The van der Waals surface area contributed by atoms with E-state index < -0.39 is 0 Å². The fraction of sp³-hybridized carbons (Fsp3) is 0.955. The number of rotatable bonds is 9. The number of nitrogens with one attached hydrogen (secondary N) is 1. The van der Waals surface area contributed by atoms with Crippen LogP contribution in [0.15, 0.2) is 0 Å². The molecule has 1 amide bonds. The van der Waals surface area contributed by atoms with E-state index >= 15 is 0 Å². The van der Waals surface area contributed by atoms with Crippen molar-refractivity contribution in [3.63, 3.8) is 0 Å². The third kappa shape index (κ3) is 26.7. The second-order valence-electron chi connectivity index (χ2n) is 7.49. The van der Waals surface area contributed by atoms with E-state index in [2.05, 4.69) is 12.2 Å². The Bertz CT molecular complexity index is 225. The molecule has 0 bridgehead atoms. The minimum Gasteiger partial charge on any atom is -0.356 e. The van der Waals surface area contributed by atoms with Gasteiger partial charge < -0.3 is 5.32 Å². The van der Waals surface area contributed by atoms with Gasteiger partial charge in [-0.05, 0) is 6.42 Å². The smallest absolute Gasteiger partial charge is 0.356 e. The largest absolute Gasteiger partial charge is 2.00 e. The zero-order valence-electron chi connectivity index (χ0n) is 17.3. The molecule has 0 aliphatic heterocycles. The quantitative estimate of drug-likeness (QED) is 0.386. The number of carbonyl (C=O) groups is 1. The van der Waals surface area contributed by atoms with Crippen molar-refractivity contribution >= 4 is 5.91 Å². The van der Waals surface area contributed by atoms with Crippen molar-refractivity contribution < 1.29 is 31.0 Å². The Balaban J connectivity index is 0. The van der Waals surface area contributed by atoms with Crippen LogP contribution in [0.25, 0.3) is 0 Å². The Kier molecular flexibility index (Phi) is 26.9. The van der Waals surface area contributed by atoms with Crippen LogP contribution in [0, 0.1) is 0 Å². The summed E-state index contributed by atoms with van der Waals surface area (Å²) in [4.78, 5) is 10.5. The minimum atomic E-state index is 0. The van der Waals surface area contributed by atoms with Crippen molar-refractivity contribution in [3.05, 3.63) is 0 Å². The van der Waals surface area contributed by atoms with Crippen molar-refractivity contribution in [2.24, 2.45) is 0 Å². The standard InChI is InChI=1S/C12H25NO.2C5H10.Zr/c1-3-4-5-6-7-8-9-10-11-13-12(2)14;2*1-2-4-5-3-1;/h3-11H2,1-2H3,(H,13,14);2*1-5H2;/q;;;+2. The number of hydrogen-bond donors (Lipinski definition) is 1. The Hall–Kier alpha value is 0.353. The van der Waals surface area contributed by atoms with E-state index in [4.69, 9.17) is 0 Å². The van der Waals surface area contributed by atoms with Gasteiger partial charge in [0.05, 0.1) is 0 Å². The maximum absolute atomic E-state index is 10.5. The average molecular weight is 431 g/mol. The predicted octanol–water partition coefficient (Wildman–Crippen LogP) is 7.16. The van der Waals surface area contributed by atoms with Gasteiger partial charge in [0, 0.05) is 13.5 Å². The van der Waals surface area contributed by atoms with Crippen LogP contribution >= 0.6 is 0 Å². The van der Waals surface area contributed by atoms with E-state index in [1.807, 2.05) is 0 Å². The molecule has 0 unspecified atom stereocenters. The van der Waals surface area contributed by atoms with Crippen molar-refractivity contribution in [1.82, 2.24) is 5.32 Å². The summed E-state index contributed by atoms with van der Waals surface area (Å²) in [6.45, 7) is 4.67. The van der Waals surface area contributed by atoms with Crippen LogP contribution in [0.2, 0.25) is 0 Å². The molecule has 0 aromatic rings. The van der Waals surface area contributed by atoms with Gasteiger partial charge in [-0.1, -0.05) is 116 Å². The van der Waals surface area contributed by atoms with Gasteiger partial charge >= 0.3 is 26.2 Å². The van der Waals surface area contributed by atoms with Crippen molar-refractivity contribution in [3.8, 4) is 0 Å². The summed E-state index contributed by atoms with van der Waals surface area (Å²) < 4.78 is 0. The van der Waals surface area contributed by atoms with Gasteiger partial charge in [-0.2, -0.15) is 0 Å². The van der Waals surface area contributed by atoms with Crippen LogP contribution in [-0.4, -0.2) is 12.5 Å². The minimum absolute atomic E-state index is 0. The molecule has 2 aliphatic carbocycles. The van der Waals surface area contributed by atoms with Crippen LogP contribution in [-0.2, 0) is 31.0 Å². The molecular weight excluding hydrogens is 385 g/mol. The first-order chi connectivity index (χ1) is 11.8. The first-order valence-corrected chi connectivity index (χ1v) is 11.0. The summed E-state index contributed by atoms with van der Waals surface area (Å²) in [6, 6.07) is 0. The van der Waals surface area contributed by atoms with Gasteiger partial charge in [0.1, 0.15) is 0 Å². The summed E-state index contributed by atoms with van der Waals surface area (Å²) in [5.41, 5.74) is 0. The Morgan fingerprint density at radius 2 is 0.960 bits per heavy atom. The molecule has 25 heavy (non-hydrogen) atoms. The normalized spacial score (nSPS) is 15.3. The van der Waals surface area contributed by atoms with E-state index in [0.29, 0.717) is 0 Å². The van der Waals surface area contributed by atoms with Crippen molar-refractivity contribution in [2.75, 3.05) is 6.54 Å². The summed E-state index contributed by atoms with van der Waals surface area (Å²) in [5, 5.41) is 2.82. The molecule has 1 N–H and O–H groups in total. The number of unbranched alkanes of at least 4 members (excludes halogenated alkanes) is 7. The summed E-state index contributed by atoms with van der Waals surface area (Å²) in [5.74, 6) is 0.0907. The van der Waals surface area contributed by atoms with E-state index in [1.165, 1.54) is 109 Å². The number of amides is 1. The third-order valence-electron chi connectivity index (χ3n) is 4.90. The molecule has 3 heteroatoms. The second kappa shape index (κ2) is 24.4. The van der Waals surface area contributed by atoms with Crippen LogP contribution < -0.4 is 5.32 Å². The summed E-state index contributed by atoms with van der Waals surface area (Å²) in [6.07, 6.45) is 25.5. The molecule has 0 atom stereocenters. The first-order valence-electron chi connectivity index (χ1n) is 11.0. The molecule has 0 aromatic heterocycles. The van der Waals surface area contributed by atoms with Gasteiger partial charge in [-0.25, -0.2) is 0 Å². The van der Waals surface area contributed by atoms with E-state index in [1.54, 1.807) is 6.92 Å². The zero-order chi connectivity index (χ0) is 17.7. The third-order valence-corrected chi connectivity index (χ3v) is 4.90. The van der Waals surface area contributed by atoms with Gasteiger partial charge in [0.25, 0.3) is 0 Å². The molecule has 2 saturated carbocycles. The molecule has 2 rings (SSSR count).